The third-order valence-electron chi connectivity index (χ3n) is 2.61. The number of hydrogen-bond acceptors (Lipinski definition) is 4. The summed E-state index contributed by atoms with van der Waals surface area (Å²) in [7, 11) is 0. The third kappa shape index (κ3) is 3.04. The second-order valence-electron chi connectivity index (χ2n) is 3.91. The SMILES string of the molecule is NC(=O)c1cc(Cl)c(Cl)nc1OC1CCOCC1. The molecule has 0 aromatic carbocycles. The molecule has 1 saturated heterocycles. The Hall–Kier alpha value is -1.04. The van der Waals surface area contributed by atoms with Gasteiger partial charge in [0.05, 0.1) is 18.2 Å². The molecule has 7 heteroatoms. The number of nitrogens with zero attached hydrogens (tertiary/aromatic N) is 1. The molecule has 0 spiro atoms. The number of ether oxygens (including phenoxy) is 2. The van der Waals surface area contributed by atoms with Crippen molar-refractivity contribution in [2.75, 3.05) is 13.2 Å². The molecule has 1 fully saturated rings. The second kappa shape index (κ2) is 5.73. The van der Waals surface area contributed by atoms with Crippen molar-refractivity contribution >= 4 is 29.1 Å². The zero-order valence-corrected chi connectivity index (χ0v) is 11.0. The van der Waals surface area contributed by atoms with Crippen molar-refractivity contribution in [3.63, 3.8) is 0 Å². The van der Waals surface area contributed by atoms with Crippen LogP contribution >= 0.6 is 23.2 Å². The van der Waals surface area contributed by atoms with Gasteiger partial charge in [-0.15, -0.1) is 0 Å². The molecule has 0 atom stereocenters. The van der Waals surface area contributed by atoms with Gasteiger partial charge in [0.1, 0.15) is 11.7 Å². The Labute approximate surface area is 114 Å². The maximum atomic E-state index is 11.3. The molecule has 5 nitrogen and oxygen atoms in total. The first-order valence-electron chi connectivity index (χ1n) is 5.48. The summed E-state index contributed by atoms with van der Waals surface area (Å²) in [4.78, 5) is 15.3. The highest BCUT2D eigenvalue weighted by molar-refractivity contribution is 6.41. The summed E-state index contributed by atoms with van der Waals surface area (Å²) in [5.41, 5.74) is 5.39. The fourth-order valence-corrected chi connectivity index (χ4v) is 1.95. The Kier molecular flexibility index (Phi) is 4.27. The van der Waals surface area contributed by atoms with Gasteiger partial charge in [0, 0.05) is 12.8 Å². The van der Waals surface area contributed by atoms with Crippen LogP contribution < -0.4 is 10.5 Å². The van der Waals surface area contributed by atoms with Gasteiger partial charge in [-0.1, -0.05) is 23.2 Å². The lowest BCUT2D eigenvalue weighted by molar-refractivity contribution is 0.0234. The van der Waals surface area contributed by atoms with Crippen LogP contribution in [0.3, 0.4) is 0 Å². The van der Waals surface area contributed by atoms with E-state index in [-0.39, 0.29) is 27.7 Å². The van der Waals surface area contributed by atoms with Crippen LogP contribution in [0.25, 0.3) is 0 Å². The van der Waals surface area contributed by atoms with E-state index in [0.717, 1.165) is 12.8 Å². The lowest BCUT2D eigenvalue weighted by Crippen LogP contribution is -2.27. The number of carbonyl (C=O) groups is 1. The fraction of sp³-hybridized carbons (Fsp3) is 0.455. The van der Waals surface area contributed by atoms with Crippen LogP contribution in [0.2, 0.25) is 10.2 Å². The monoisotopic (exact) mass is 290 g/mol. The van der Waals surface area contributed by atoms with Crippen molar-refractivity contribution in [3.8, 4) is 5.88 Å². The minimum absolute atomic E-state index is 0.0541. The summed E-state index contributed by atoms with van der Waals surface area (Å²) in [6.07, 6.45) is 1.42. The van der Waals surface area contributed by atoms with Crippen LogP contribution in [0.4, 0.5) is 0 Å². The van der Waals surface area contributed by atoms with E-state index in [1.165, 1.54) is 6.07 Å². The van der Waals surface area contributed by atoms with E-state index in [1.807, 2.05) is 0 Å². The predicted molar refractivity (Wildman–Crippen MR) is 67.2 cm³/mol. The third-order valence-corrected chi connectivity index (χ3v) is 3.28. The van der Waals surface area contributed by atoms with Gasteiger partial charge < -0.3 is 15.2 Å². The van der Waals surface area contributed by atoms with Crippen molar-refractivity contribution in [2.24, 2.45) is 5.73 Å². The highest BCUT2D eigenvalue weighted by Gasteiger charge is 2.21. The smallest absolute Gasteiger partial charge is 0.254 e. The summed E-state index contributed by atoms with van der Waals surface area (Å²) in [5.74, 6) is -0.521. The molecule has 18 heavy (non-hydrogen) atoms. The van der Waals surface area contributed by atoms with Gasteiger partial charge in [-0.05, 0) is 6.07 Å². The number of amides is 1. The number of hydrogen-bond donors (Lipinski definition) is 1. The molecule has 2 heterocycles. The van der Waals surface area contributed by atoms with Gasteiger partial charge in [0.25, 0.3) is 5.91 Å². The molecular weight excluding hydrogens is 279 g/mol. The Balaban J connectivity index is 2.24. The van der Waals surface area contributed by atoms with Gasteiger partial charge >= 0.3 is 0 Å². The van der Waals surface area contributed by atoms with Crippen LogP contribution in [0, 0.1) is 0 Å². The lowest BCUT2D eigenvalue weighted by atomic mass is 10.1. The largest absolute Gasteiger partial charge is 0.474 e. The molecule has 2 rings (SSSR count). The summed E-state index contributed by atoms with van der Waals surface area (Å²) in [6.45, 7) is 1.25. The van der Waals surface area contributed by atoms with E-state index in [2.05, 4.69) is 4.98 Å². The molecule has 1 aliphatic rings. The number of halogens is 2. The standard InChI is InChI=1S/C11H12Cl2N2O3/c12-8-5-7(10(14)16)11(15-9(8)13)18-6-1-3-17-4-2-6/h5-6H,1-4H2,(H2,14,16). The van der Waals surface area contributed by atoms with E-state index in [0.29, 0.717) is 13.2 Å². The van der Waals surface area contributed by atoms with Crippen molar-refractivity contribution < 1.29 is 14.3 Å². The molecule has 0 unspecified atom stereocenters. The summed E-state index contributed by atoms with van der Waals surface area (Å²) in [6, 6.07) is 1.37. The number of rotatable bonds is 3. The molecule has 2 N–H and O–H groups in total. The number of nitrogens with two attached hydrogens (primary N) is 1. The van der Waals surface area contributed by atoms with Crippen LogP contribution in [0.5, 0.6) is 5.88 Å². The molecule has 1 aromatic heterocycles. The first-order valence-corrected chi connectivity index (χ1v) is 6.23. The quantitative estimate of drug-likeness (QED) is 0.865. The molecular formula is C11H12Cl2N2O3. The normalized spacial score (nSPS) is 16.6. The van der Waals surface area contributed by atoms with Crippen molar-refractivity contribution in [2.45, 2.75) is 18.9 Å². The van der Waals surface area contributed by atoms with Crippen molar-refractivity contribution in [3.05, 3.63) is 21.8 Å². The summed E-state index contributed by atoms with van der Waals surface area (Å²) >= 11 is 11.6. The Morgan fingerprint density at radius 1 is 1.44 bits per heavy atom. The number of pyridine rings is 1. The average molecular weight is 291 g/mol. The van der Waals surface area contributed by atoms with Crippen LogP contribution in [-0.4, -0.2) is 30.2 Å². The van der Waals surface area contributed by atoms with E-state index in [1.54, 1.807) is 0 Å². The first kappa shape index (κ1) is 13.4. The molecule has 98 valence electrons. The van der Waals surface area contributed by atoms with Crippen molar-refractivity contribution in [1.82, 2.24) is 4.98 Å². The van der Waals surface area contributed by atoms with Crippen LogP contribution in [0.1, 0.15) is 23.2 Å². The van der Waals surface area contributed by atoms with Crippen molar-refractivity contribution in [1.29, 1.82) is 0 Å². The first-order chi connectivity index (χ1) is 8.58. The van der Waals surface area contributed by atoms with Gasteiger partial charge in [0.2, 0.25) is 5.88 Å². The molecule has 0 aliphatic carbocycles. The Morgan fingerprint density at radius 3 is 2.72 bits per heavy atom. The molecule has 0 bridgehead atoms. The maximum Gasteiger partial charge on any atom is 0.254 e. The lowest BCUT2D eigenvalue weighted by Gasteiger charge is -2.23. The average Bonchev–Trinajstić information content (AvgIpc) is 2.34. The van der Waals surface area contributed by atoms with Gasteiger partial charge in [-0.2, -0.15) is 4.98 Å². The highest BCUT2D eigenvalue weighted by atomic mass is 35.5. The van der Waals surface area contributed by atoms with Crippen LogP contribution in [0.15, 0.2) is 6.07 Å². The molecule has 0 saturated carbocycles. The maximum absolute atomic E-state index is 11.3. The molecule has 1 amide bonds. The topological polar surface area (TPSA) is 74.4 Å². The van der Waals surface area contributed by atoms with Gasteiger partial charge in [-0.25, -0.2) is 0 Å². The zero-order valence-electron chi connectivity index (χ0n) is 9.49. The number of aromatic nitrogens is 1. The second-order valence-corrected chi connectivity index (χ2v) is 4.67. The van der Waals surface area contributed by atoms with Gasteiger partial charge in [-0.3, -0.25) is 4.79 Å². The predicted octanol–water partition coefficient (Wildman–Crippen LogP) is 2.05. The fourth-order valence-electron chi connectivity index (χ4n) is 1.67. The Morgan fingerprint density at radius 2 is 2.11 bits per heavy atom. The summed E-state index contributed by atoms with van der Waals surface area (Å²) in [5, 5.41) is 0.258. The zero-order chi connectivity index (χ0) is 13.1. The number of primary amides is 1. The van der Waals surface area contributed by atoms with Gasteiger partial charge in [0.15, 0.2) is 5.15 Å². The van der Waals surface area contributed by atoms with E-state index in [4.69, 9.17) is 38.4 Å². The molecule has 0 radical (unpaired) electrons. The van der Waals surface area contributed by atoms with E-state index < -0.39 is 5.91 Å². The molecule has 1 aliphatic heterocycles. The minimum atomic E-state index is -0.650. The van der Waals surface area contributed by atoms with E-state index >= 15 is 0 Å². The minimum Gasteiger partial charge on any atom is -0.474 e. The van der Waals surface area contributed by atoms with Crippen LogP contribution in [-0.2, 0) is 4.74 Å². The number of carbonyl (C=O) groups excluding carboxylic acids is 1. The summed E-state index contributed by atoms with van der Waals surface area (Å²) < 4.78 is 10.9. The Bertz CT molecular complexity index is 462. The molecule has 1 aromatic rings. The highest BCUT2D eigenvalue weighted by Crippen LogP contribution is 2.28. The van der Waals surface area contributed by atoms with E-state index in [9.17, 15) is 4.79 Å².